The van der Waals surface area contributed by atoms with Gasteiger partial charge in [-0.25, -0.2) is 0 Å². The smallest absolute Gasteiger partial charge is 0.226 e. The predicted octanol–water partition coefficient (Wildman–Crippen LogP) is 3.34. The molecule has 0 bridgehead atoms. The van der Waals surface area contributed by atoms with E-state index in [1.807, 2.05) is 50.2 Å². The van der Waals surface area contributed by atoms with Gasteiger partial charge in [-0.05, 0) is 35.4 Å². The molecule has 1 N–H and O–H groups in total. The highest BCUT2D eigenvalue weighted by atomic mass is 16.1. The molecule has 0 spiro atoms. The number of pyridine rings is 1. The van der Waals surface area contributed by atoms with Crippen molar-refractivity contribution in [1.82, 2.24) is 4.98 Å². The van der Waals surface area contributed by atoms with E-state index in [-0.39, 0.29) is 11.8 Å². The molecule has 2 aromatic rings. The number of benzene rings is 1. The second kappa shape index (κ2) is 5.45. The number of carbonyl (C=O) groups is 1. The van der Waals surface area contributed by atoms with Crippen molar-refractivity contribution in [2.24, 2.45) is 5.92 Å². The molecular weight excluding hydrogens is 224 g/mol. The fourth-order valence-corrected chi connectivity index (χ4v) is 1.58. The Bertz CT molecular complexity index is 518. The molecule has 0 saturated heterocycles. The van der Waals surface area contributed by atoms with Crippen LogP contribution >= 0.6 is 0 Å². The average molecular weight is 240 g/mol. The van der Waals surface area contributed by atoms with Crippen molar-refractivity contribution < 1.29 is 4.79 Å². The topological polar surface area (TPSA) is 42.0 Å². The van der Waals surface area contributed by atoms with Gasteiger partial charge in [0, 0.05) is 24.0 Å². The maximum absolute atomic E-state index is 11.5. The number of amides is 1. The summed E-state index contributed by atoms with van der Waals surface area (Å²) in [5.74, 6) is 0.0246. The molecule has 18 heavy (non-hydrogen) atoms. The maximum Gasteiger partial charge on any atom is 0.226 e. The Hall–Kier alpha value is -2.16. The number of anilines is 1. The highest BCUT2D eigenvalue weighted by Crippen LogP contribution is 2.20. The summed E-state index contributed by atoms with van der Waals surface area (Å²) < 4.78 is 0. The first-order valence-electron chi connectivity index (χ1n) is 5.98. The second-order valence-electron chi connectivity index (χ2n) is 4.46. The minimum Gasteiger partial charge on any atom is -0.326 e. The van der Waals surface area contributed by atoms with Crippen LogP contribution in [0.15, 0.2) is 48.8 Å². The van der Waals surface area contributed by atoms with E-state index in [0.29, 0.717) is 0 Å². The van der Waals surface area contributed by atoms with Crippen LogP contribution in [-0.4, -0.2) is 10.9 Å². The van der Waals surface area contributed by atoms with Crippen molar-refractivity contribution in [3.8, 4) is 11.1 Å². The molecule has 0 saturated carbocycles. The third-order valence-corrected chi connectivity index (χ3v) is 2.69. The van der Waals surface area contributed by atoms with E-state index in [1.54, 1.807) is 12.4 Å². The van der Waals surface area contributed by atoms with Gasteiger partial charge in [-0.2, -0.15) is 0 Å². The fraction of sp³-hybridized carbons (Fsp3) is 0.200. The average Bonchev–Trinajstić information content (AvgIpc) is 2.40. The molecule has 92 valence electrons. The van der Waals surface area contributed by atoms with Gasteiger partial charge in [0.2, 0.25) is 5.91 Å². The van der Waals surface area contributed by atoms with Crippen LogP contribution in [-0.2, 0) is 4.79 Å². The molecule has 0 aliphatic heterocycles. The minimum absolute atomic E-state index is 0.00938. The van der Waals surface area contributed by atoms with Crippen molar-refractivity contribution in [2.75, 3.05) is 5.32 Å². The van der Waals surface area contributed by atoms with Crippen LogP contribution in [0.25, 0.3) is 11.1 Å². The Labute approximate surface area is 107 Å². The van der Waals surface area contributed by atoms with E-state index in [0.717, 1.165) is 16.8 Å². The highest BCUT2D eigenvalue weighted by molar-refractivity contribution is 5.92. The number of hydrogen-bond donors (Lipinski definition) is 1. The third-order valence-electron chi connectivity index (χ3n) is 2.69. The number of nitrogens with one attached hydrogen (secondary N) is 1. The highest BCUT2D eigenvalue weighted by Gasteiger charge is 2.06. The van der Waals surface area contributed by atoms with Crippen LogP contribution in [0.2, 0.25) is 0 Å². The lowest BCUT2D eigenvalue weighted by molar-refractivity contribution is -0.118. The number of rotatable bonds is 3. The van der Waals surface area contributed by atoms with E-state index >= 15 is 0 Å². The number of carbonyl (C=O) groups excluding carboxylic acids is 1. The fourth-order valence-electron chi connectivity index (χ4n) is 1.58. The van der Waals surface area contributed by atoms with Crippen LogP contribution < -0.4 is 5.32 Å². The Morgan fingerprint density at radius 2 is 1.56 bits per heavy atom. The zero-order valence-electron chi connectivity index (χ0n) is 10.6. The summed E-state index contributed by atoms with van der Waals surface area (Å²) >= 11 is 0. The number of aromatic nitrogens is 1. The molecule has 1 heterocycles. The lowest BCUT2D eigenvalue weighted by Crippen LogP contribution is -2.17. The first-order chi connectivity index (χ1) is 8.66. The number of hydrogen-bond acceptors (Lipinski definition) is 2. The van der Waals surface area contributed by atoms with Crippen molar-refractivity contribution in [3.05, 3.63) is 48.8 Å². The van der Waals surface area contributed by atoms with Crippen LogP contribution in [0.3, 0.4) is 0 Å². The summed E-state index contributed by atoms with van der Waals surface area (Å²) in [6.45, 7) is 3.75. The molecule has 1 aromatic heterocycles. The lowest BCUT2D eigenvalue weighted by atomic mass is 10.1. The van der Waals surface area contributed by atoms with E-state index in [2.05, 4.69) is 10.3 Å². The summed E-state index contributed by atoms with van der Waals surface area (Å²) in [5.41, 5.74) is 3.05. The normalized spacial score (nSPS) is 10.4. The van der Waals surface area contributed by atoms with Gasteiger partial charge in [0.15, 0.2) is 0 Å². The molecule has 0 fully saturated rings. The first kappa shape index (κ1) is 12.3. The largest absolute Gasteiger partial charge is 0.326 e. The van der Waals surface area contributed by atoms with Gasteiger partial charge >= 0.3 is 0 Å². The van der Waals surface area contributed by atoms with Crippen molar-refractivity contribution in [1.29, 1.82) is 0 Å². The Kier molecular flexibility index (Phi) is 3.72. The summed E-state index contributed by atoms with van der Waals surface area (Å²) in [7, 11) is 0. The van der Waals surface area contributed by atoms with Gasteiger partial charge in [0.1, 0.15) is 0 Å². The second-order valence-corrected chi connectivity index (χ2v) is 4.46. The monoisotopic (exact) mass is 240 g/mol. The minimum atomic E-state index is -0.00938. The van der Waals surface area contributed by atoms with Crippen molar-refractivity contribution >= 4 is 11.6 Å². The molecule has 0 aliphatic rings. The van der Waals surface area contributed by atoms with E-state index in [4.69, 9.17) is 0 Å². The van der Waals surface area contributed by atoms with E-state index < -0.39 is 0 Å². The lowest BCUT2D eigenvalue weighted by Gasteiger charge is -2.08. The van der Waals surface area contributed by atoms with Gasteiger partial charge in [0.25, 0.3) is 0 Å². The molecule has 0 radical (unpaired) electrons. The van der Waals surface area contributed by atoms with Crippen LogP contribution in [0.5, 0.6) is 0 Å². The molecule has 1 amide bonds. The molecule has 3 heteroatoms. The quantitative estimate of drug-likeness (QED) is 0.894. The van der Waals surface area contributed by atoms with Gasteiger partial charge < -0.3 is 5.32 Å². The van der Waals surface area contributed by atoms with Gasteiger partial charge in [-0.15, -0.1) is 0 Å². The van der Waals surface area contributed by atoms with E-state index in [1.165, 1.54) is 0 Å². The first-order valence-corrected chi connectivity index (χ1v) is 5.98. The predicted molar refractivity (Wildman–Crippen MR) is 73.1 cm³/mol. The molecule has 0 unspecified atom stereocenters. The Balaban J connectivity index is 2.13. The molecule has 2 rings (SSSR count). The third kappa shape index (κ3) is 2.94. The Morgan fingerprint density at radius 3 is 2.11 bits per heavy atom. The molecule has 0 atom stereocenters. The summed E-state index contributed by atoms with van der Waals surface area (Å²) in [6.07, 6.45) is 3.54. The summed E-state index contributed by atoms with van der Waals surface area (Å²) in [5, 5.41) is 2.87. The Morgan fingerprint density at radius 1 is 1.00 bits per heavy atom. The van der Waals surface area contributed by atoms with Crippen LogP contribution in [0.1, 0.15) is 13.8 Å². The summed E-state index contributed by atoms with van der Waals surface area (Å²) in [4.78, 5) is 15.5. The van der Waals surface area contributed by atoms with Gasteiger partial charge in [0.05, 0.1) is 0 Å². The SMILES string of the molecule is CC(C)C(=O)Nc1ccc(-c2ccncc2)cc1. The molecular formula is C15H16N2O. The zero-order chi connectivity index (χ0) is 13.0. The summed E-state index contributed by atoms with van der Waals surface area (Å²) in [6, 6.07) is 11.7. The standard InChI is InChI=1S/C15H16N2O/c1-11(2)15(18)17-14-5-3-12(4-6-14)13-7-9-16-10-8-13/h3-11H,1-2H3,(H,17,18). The number of nitrogens with zero attached hydrogens (tertiary/aromatic N) is 1. The van der Waals surface area contributed by atoms with Crippen molar-refractivity contribution in [2.45, 2.75) is 13.8 Å². The van der Waals surface area contributed by atoms with Crippen LogP contribution in [0.4, 0.5) is 5.69 Å². The van der Waals surface area contributed by atoms with Crippen molar-refractivity contribution in [3.63, 3.8) is 0 Å². The van der Waals surface area contributed by atoms with E-state index in [9.17, 15) is 4.79 Å². The molecule has 3 nitrogen and oxygen atoms in total. The molecule has 0 aliphatic carbocycles. The van der Waals surface area contributed by atoms with Gasteiger partial charge in [-0.3, -0.25) is 9.78 Å². The zero-order valence-corrected chi connectivity index (χ0v) is 10.6. The van der Waals surface area contributed by atoms with Gasteiger partial charge in [-0.1, -0.05) is 26.0 Å². The van der Waals surface area contributed by atoms with Crippen LogP contribution in [0, 0.1) is 5.92 Å². The maximum atomic E-state index is 11.5. The molecule has 1 aromatic carbocycles.